The molecule has 1 aromatic heterocycles. The molecule has 8 heteroatoms. The monoisotopic (exact) mass is 450 g/mol. The van der Waals surface area contributed by atoms with E-state index in [-0.39, 0.29) is 36.0 Å². The van der Waals surface area contributed by atoms with Crippen LogP contribution in [0.15, 0.2) is 21.7 Å². The zero-order valence-electron chi connectivity index (χ0n) is 14.2. The number of guanidine groups is 1. The molecule has 1 atom stereocenters. The highest BCUT2D eigenvalue weighted by Crippen LogP contribution is 2.09. The number of aliphatic hydroxyl groups excluding tert-OH is 1. The van der Waals surface area contributed by atoms with Gasteiger partial charge in [-0.1, -0.05) is 0 Å². The number of β-amino-alcohol motifs (C(OH)–C–C–N with tert-alkyl or cyclic N) is 1. The first kappa shape index (κ1) is 20.8. The van der Waals surface area contributed by atoms with E-state index in [1.807, 2.05) is 13.8 Å². The van der Waals surface area contributed by atoms with E-state index in [0.717, 1.165) is 37.5 Å². The number of furan rings is 1. The summed E-state index contributed by atoms with van der Waals surface area (Å²) in [7, 11) is 0. The lowest BCUT2D eigenvalue weighted by atomic mass is 10.2. The molecule has 0 radical (unpaired) electrons. The van der Waals surface area contributed by atoms with Crippen LogP contribution in [0.1, 0.15) is 35.9 Å². The van der Waals surface area contributed by atoms with Crippen LogP contribution in [-0.4, -0.2) is 60.7 Å². The van der Waals surface area contributed by atoms with Gasteiger partial charge in [0.25, 0.3) is 5.91 Å². The molecule has 1 aliphatic rings. The molecular formula is C16H27IN4O3. The summed E-state index contributed by atoms with van der Waals surface area (Å²) in [4.78, 5) is 18.5. The van der Waals surface area contributed by atoms with E-state index in [1.165, 1.54) is 6.26 Å². The second kappa shape index (κ2) is 10.5. The summed E-state index contributed by atoms with van der Waals surface area (Å²) < 4.78 is 5.15. The summed E-state index contributed by atoms with van der Waals surface area (Å²) in [6, 6.07) is 1.77. The summed E-state index contributed by atoms with van der Waals surface area (Å²) >= 11 is 0. The topological polar surface area (TPSA) is 90.1 Å². The molecule has 1 aliphatic heterocycles. The number of likely N-dealkylation sites (tertiary alicyclic amines) is 1. The molecule has 1 fully saturated rings. The van der Waals surface area contributed by atoms with Crippen LogP contribution >= 0.6 is 24.0 Å². The number of carbonyl (C=O) groups excluding carboxylic acids is 1. The molecule has 0 aromatic carbocycles. The van der Waals surface area contributed by atoms with Crippen LogP contribution in [-0.2, 0) is 0 Å². The minimum absolute atomic E-state index is 0. The van der Waals surface area contributed by atoms with Crippen LogP contribution in [0, 0.1) is 6.92 Å². The summed E-state index contributed by atoms with van der Waals surface area (Å²) in [6.45, 7) is 7.27. The Morgan fingerprint density at radius 2 is 2.29 bits per heavy atom. The van der Waals surface area contributed by atoms with Crippen LogP contribution in [0.2, 0.25) is 0 Å². The quantitative estimate of drug-likeness (QED) is 0.264. The number of amides is 1. The molecule has 7 nitrogen and oxygen atoms in total. The molecule has 3 N–H and O–H groups in total. The van der Waals surface area contributed by atoms with E-state index in [9.17, 15) is 9.90 Å². The first-order valence-electron chi connectivity index (χ1n) is 8.15. The second-order valence-electron chi connectivity index (χ2n) is 5.67. The van der Waals surface area contributed by atoms with Gasteiger partial charge in [-0.3, -0.25) is 9.79 Å². The number of aliphatic hydroxyl groups is 1. The average Bonchev–Trinajstić information content (AvgIpc) is 3.14. The van der Waals surface area contributed by atoms with Gasteiger partial charge in [0, 0.05) is 38.3 Å². The Morgan fingerprint density at radius 3 is 2.88 bits per heavy atom. The molecule has 0 unspecified atom stereocenters. The van der Waals surface area contributed by atoms with E-state index >= 15 is 0 Å². The molecule has 1 aromatic rings. The fraction of sp³-hybridized carbons (Fsp3) is 0.625. The van der Waals surface area contributed by atoms with Crippen molar-refractivity contribution >= 4 is 35.8 Å². The van der Waals surface area contributed by atoms with Gasteiger partial charge in [0.15, 0.2) is 11.7 Å². The standard InChI is InChI=1S/C16H26N4O3.HI/c1-3-17-16(20-9-5-13(21)11-20)19-8-4-7-18-15(22)14-12(2)6-10-23-14;/h6,10,13,21H,3-5,7-9,11H2,1-2H3,(H,17,19)(H,18,22);1H/t13-;/m1./s1. The highest BCUT2D eigenvalue weighted by Gasteiger charge is 2.22. The van der Waals surface area contributed by atoms with Crippen molar-refractivity contribution in [3.05, 3.63) is 23.7 Å². The number of nitrogens with one attached hydrogen (secondary N) is 2. The van der Waals surface area contributed by atoms with Crippen molar-refractivity contribution in [2.45, 2.75) is 32.8 Å². The van der Waals surface area contributed by atoms with Gasteiger partial charge >= 0.3 is 0 Å². The molecule has 24 heavy (non-hydrogen) atoms. The number of halogens is 1. The highest BCUT2D eigenvalue weighted by atomic mass is 127. The maximum atomic E-state index is 11.9. The Morgan fingerprint density at radius 1 is 1.50 bits per heavy atom. The van der Waals surface area contributed by atoms with Gasteiger partial charge in [0.05, 0.1) is 12.4 Å². The third-order valence-electron chi connectivity index (χ3n) is 3.75. The predicted octanol–water partition coefficient (Wildman–Crippen LogP) is 1.36. The van der Waals surface area contributed by atoms with E-state index in [2.05, 4.69) is 20.5 Å². The van der Waals surface area contributed by atoms with E-state index in [4.69, 9.17) is 4.42 Å². The maximum absolute atomic E-state index is 11.9. The van der Waals surface area contributed by atoms with Crippen LogP contribution in [0.25, 0.3) is 0 Å². The van der Waals surface area contributed by atoms with Gasteiger partial charge in [-0.15, -0.1) is 24.0 Å². The molecule has 0 bridgehead atoms. The number of rotatable bonds is 6. The Labute approximate surface area is 159 Å². The average molecular weight is 450 g/mol. The third kappa shape index (κ3) is 5.97. The molecule has 2 heterocycles. The molecule has 1 amide bonds. The number of carbonyl (C=O) groups is 1. The lowest BCUT2D eigenvalue weighted by molar-refractivity contribution is 0.0925. The Hall–Kier alpha value is -1.29. The van der Waals surface area contributed by atoms with Gasteiger partial charge < -0.3 is 25.1 Å². The zero-order valence-corrected chi connectivity index (χ0v) is 16.6. The Kier molecular flexibility index (Phi) is 9.12. The molecule has 2 rings (SSSR count). The van der Waals surface area contributed by atoms with Gasteiger partial charge in [-0.25, -0.2) is 0 Å². The number of aliphatic imine (C=N–C) groups is 1. The maximum Gasteiger partial charge on any atom is 0.287 e. The Balaban J connectivity index is 0.00000288. The fourth-order valence-corrected chi connectivity index (χ4v) is 2.51. The predicted molar refractivity (Wildman–Crippen MR) is 104 cm³/mol. The van der Waals surface area contributed by atoms with Crippen LogP contribution < -0.4 is 10.6 Å². The summed E-state index contributed by atoms with van der Waals surface area (Å²) in [5.41, 5.74) is 0.836. The van der Waals surface area contributed by atoms with Crippen molar-refractivity contribution in [2.24, 2.45) is 4.99 Å². The second-order valence-corrected chi connectivity index (χ2v) is 5.67. The largest absolute Gasteiger partial charge is 0.459 e. The van der Waals surface area contributed by atoms with Crippen LogP contribution in [0.4, 0.5) is 0 Å². The molecule has 136 valence electrons. The SMILES string of the molecule is CCNC(=NCCCNC(=O)c1occc1C)N1CC[C@@H](O)C1.I. The van der Waals surface area contributed by atoms with Crippen molar-refractivity contribution in [1.29, 1.82) is 0 Å². The number of hydrogen-bond donors (Lipinski definition) is 3. The van der Waals surface area contributed by atoms with E-state index < -0.39 is 0 Å². The van der Waals surface area contributed by atoms with Gasteiger partial charge in [-0.05, 0) is 32.8 Å². The normalized spacial score (nSPS) is 17.5. The smallest absolute Gasteiger partial charge is 0.287 e. The number of hydrogen-bond acceptors (Lipinski definition) is 4. The van der Waals surface area contributed by atoms with Crippen molar-refractivity contribution in [3.63, 3.8) is 0 Å². The molecular weight excluding hydrogens is 423 g/mol. The molecule has 1 saturated heterocycles. The Bertz CT molecular complexity index is 547. The number of aryl methyl sites for hydroxylation is 1. The van der Waals surface area contributed by atoms with E-state index in [1.54, 1.807) is 6.07 Å². The zero-order chi connectivity index (χ0) is 16.7. The van der Waals surface area contributed by atoms with E-state index in [0.29, 0.717) is 25.4 Å². The van der Waals surface area contributed by atoms with Crippen LogP contribution in [0.5, 0.6) is 0 Å². The third-order valence-corrected chi connectivity index (χ3v) is 3.75. The molecule has 0 spiro atoms. The molecule has 0 saturated carbocycles. The van der Waals surface area contributed by atoms with Crippen molar-refractivity contribution in [3.8, 4) is 0 Å². The summed E-state index contributed by atoms with van der Waals surface area (Å²) in [5.74, 6) is 1.01. The lowest BCUT2D eigenvalue weighted by Gasteiger charge is -2.20. The minimum Gasteiger partial charge on any atom is -0.459 e. The van der Waals surface area contributed by atoms with Gasteiger partial charge in [0.2, 0.25) is 0 Å². The van der Waals surface area contributed by atoms with Gasteiger partial charge in [0.1, 0.15) is 0 Å². The lowest BCUT2D eigenvalue weighted by Crippen LogP contribution is -2.40. The van der Waals surface area contributed by atoms with Crippen LogP contribution in [0.3, 0.4) is 0 Å². The summed E-state index contributed by atoms with van der Waals surface area (Å²) in [6.07, 6.45) is 2.77. The van der Waals surface area contributed by atoms with Crippen molar-refractivity contribution < 1.29 is 14.3 Å². The van der Waals surface area contributed by atoms with Crippen molar-refractivity contribution in [1.82, 2.24) is 15.5 Å². The first-order chi connectivity index (χ1) is 11.1. The summed E-state index contributed by atoms with van der Waals surface area (Å²) in [5, 5.41) is 15.7. The van der Waals surface area contributed by atoms with Crippen molar-refractivity contribution in [2.75, 3.05) is 32.7 Å². The highest BCUT2D eigenvalue weighted by molar-refractivity contribution is 14.0. The van der Waals surface area contributed by atoms with Gasteiger partial charge in [-0.2, -0.15) is 0 Å². The number of nitrogens with zero attached hydrogens (tertiary/aromatic N) is 2. The fourth-order valence-electron chi connectivity index (χ4n) is 2.51. The molecule has 0 aliphatic carbocycles. The minimum atomic E-state index is -0.269. The first-order valence-corrected chi connectivity index (χ1v) is 8.15.